The molecule has 0 unspecified atom stereocenters. The topological polar surface area (TPSA) is 59.4 Å². The maximum Gasteiger partial charge on any atom is 0.255 e. The second-order valence-electron chi connectivity index (χ2n) is 9.76. The van der Waals surface area contributed by atoms with Crippen LogP contribution in [-0.4, -0.2) is 29.1 Å². The molecule has 1 aliphatic rings. The van der Waals surface area contributed by atoms with Gasteiger partial charge in [-0.05, 0) is 47.4 Å². The average Bonchev–Trinajstić information content (AvgIpc) is 3.21. The predicted molar refractivity (Wildman–Crippen MR) is 137 cm³/mol. The molecule has 1 N–H and O–H groups in total. The van der Waals surface area contributed by atoms with Gasteiger partial charge in [-0.15, -0.1) is 0 Å². The van der Waals surface area contributed by atoms with Gasteiger partial charge in [0.15, 0.2) is 0 Å². The van der Waals surface area contributed by atoms with E-state index in [-0.39, 0.29) is 11.3 Å². The molecule has 5 rings (SSSR count). The zero-order valence-corrected chi connectivity index (χ0v) is 20.1. The van der Waals surface area contributed by atoms with Crippen molar-refractivity contribution in [2.24, 2.45) is 0 Å². The standard InChI is InChI=1S/C28H30N4O2/c1-28(2,3)20-11-9-19(10-12-20)27(33)30-23-14-13-21(17-25(23)34-4)31-15-16-32-24-8-6-5-7-22(24)29-26(32)18-31/h5-14,17H,15-16,18H2,1-4H3,(H,30,33). The van der Waals surface area contributed by atoms with Gasteiger partial charge >= 0.3 is 0 Å². The van der Waals surface area contributed by atoms with Crippen LogP contribution >= 0.6 is 0 Å². The number of hydrogen-bond acceptors (Lipinski definition) is 4. The summed E-state index contributed by atoms with van der Waals surface area (Å²) in [5.74, 6) is 1.54. The second kappa shape index (κ2) is 8.52. The van der Waals surface area contributed by atoms with Crippen LogP contribution in [0.1, 0.15) is 42.5 Å². The number of rotatable bonds is 4. The van der Waals surface area contributed by atoms with E-state index in [9.17, 15) is 4.79 Å². The summed E-state index contributed by atoms with van der Waals surface area (Å²) in [4.78, 5) is 20.0. The van der Waals surface area contributed by atoms with E-state index in [1.807, 2.05) is 48.5 Å². The molecule has 174 valence electrons. The van der Waals surface area contributed by atoms with Crippen LogP contribution in [0.4, 0.5) is 11.4 Å². The van der Waals surface area contributed by atoms with Crippen LogP contribution in [0.25, 0.3) is 11.0 Å². The van der Waals surface area contributed by atoms with Crippen molar-refractivity contribution >= 4 is 28.3 Å². The lowest BCUT2D eigenvalue weighted by molar-refractivity contribution is 0.102. The Balaban J connectivity index is 1.34. The van der Waals surface area contributed by atoms with E-state index >= 15 is 0 Å². The minimum atomic E-state index is -0.154. The number of nitrogens with zero attached hydrogens (tertiary/aromatic N) is 3. The Morgan fingerprint density at radius 2 is 1.76 bits per heavy atom. The normalized spacial score (nSPS) is 13.6. The summed E-state index contributed by atoms with van der Waals surface area (Å²) in [6, 6.07) is 21.9. The molecular formula is C28H30N4O2. The number of hydrogen-bond donors (Lipinski definition) is 1. The lowest BCUT2D eigenvalue weighted by atomic mass is 9.87. The van der Waals surface area contributed by atoms with E-state index in [1.165, 1.54) is 11.1 Å². The molecule has 2 heterocycles. The summed E-state index contributed by atoms with van der Waals surface area (Å²) >= 11 is 0. The Labute approximate surface area is 200 Å². The van der Waals surface area contributed by atoms with Crippen LogP contribution in [0, 0.1) is 0 Å². The maximum atomic E-state index is 12.9. The van der Waals surface area contributed by atoms with Gasteiger partial charge in [0.2, 0.25) is 0 Å². The minimum Gasteiger partial charge on any atom is -0.494 e. The quantitative estimate of drug-likeness (QED) is 0.435. The molecule has 0 saturated heterocycles. The van der Waals surface area contributed by atoms with E-state index in [1.54, 1.807) is 7.11 Å². The molecule has 1 amide bonds. The Hall–Kier alpha value is -3.80. The van der Waals surface area contributed by atoms with E-state index in [4.69, 9.17) is 9.72 Å². The zero-order chi connectivity index (χ0) is 23.9. The monoisotopic (exact) mass is 454 g/mol. The third-order valence-electron chi connectivity index (χ3n) is 6.47. The van der Waals surface area contributed by atoms with Crippen molar-refractivity contribution in [1.82, 2.24) is 9.55 Å². The fraction of sp³-hybridized carbons (Fsp3) is 0.286. The molecule has 0 bridgehead atoms. The highest BCUT2D eigenvalue weighted by molar-refractivity contribution is 6.05. The maximum absolute atomic E-state index is 12.9. The molecule has 0 saturated carbocycles. The first-order valence-electron chi connectivity index (χ1n) is 11.6. The number of anilines is 2. The smallest absolute Gasteiger partial charge is 0.255 e. The van der Waals surface area contributed by atoms with Crippen LogP contribution < -0.4 is 15.0 Å². The number of ether oxygens (including phenoxy) is 1. The molecule has 0 radical (unpaired) electrons. The Kier molecular flexibility index (Phi) is 5.52. The third-order valence-corrected chi connectivity index (χ3v) is 6.47. The number of nitrogens with one attached hydrogen (secondary N) is 1. The van der Waals surface area contributed by atoms with Crippen LogP contribution in [0.5, 0.6) is 5.75 Å². The average molecular weight is 455 g/mol. The Bertz CT molecular complexity index is 1350. The fourth-order valence-electron chi connectivity index (χ4n) is 4.48. The number of fused-ring (bicyclic) bond motifs is 3. The molecule has 0 aliphatic carbocycles. The van der Waals surface area contributed by atoms with E-state index in [0.29, 0.717) is 17.0 Å². The summed E-state index contributed by atoms with van der Waals surface area (Å²) in [6.07, 6.45) is 0. The van der Waals surface area contributed by atoms with E-state index in [0.717, 1.165) is 36.7 Å². The van der Waals surface area contributed by atoms with Crippen molar-refractivity contribution in [2.75, 3.05) is 23.9 Å². The van der Waals surface area contributed by atoms with Gasteiger partial charge in [0.1, 0.15) is 11.6 Å². The molecule has 1 aromatic heterocycles. The second-order valence-corrected chi connectivity index (χ2v) is 9.76. The molecule has 3 aromatic carbocycles. The number of methoxy groups -OCH3 is 1. The fourth-order valence-corrected chi connectivity index (χ4v) is 4.48. The number of carbonyl (C=O) groups excluding carboxylic acids is 1. The van der Waals surface area contributed by atoms with Gasteiger partial charge in [0, 0.05) is 30.4 Å². The van der Waals surface area contributed by atoms with Crippen molar-refractivity contribution in [3.8, 4) is 5.75 Å². The number of benzene rings is 3. The van der Waals surface area contributed by atoms with Gasteiger partial charge in [-0.1, -0.05) is 45.0 Å². The lowest BCUT2D eigenvalue weighted by Gasteiger charge is -2.30. The summed E-state index contributed by atoms with van der Waals surface area (Å²) in [5.41, 5.74) is 5.78. The highest BCUT2D eigenvalue weighted by atomic mass is 16.5. The molecule has 6 nitrogen and oxygen atoms in total. The number of imidazole rings is 1. The van der Waals surface area contributed by atoms with Gasteiger partial charge in [-0.2, -0.15) is 0 Å². The van der Waals surface area contributed by atoms with Crippen LogP contribution in [0.2, 0.25) is 0 Å². The van der Waals surface area contributed by atoms with Crippen molar-refractivity contribution in [1.29, 1.82) is 0 Å². The van der Waals surface area contributed by atoms with Crippen LogP contribution in [0.15, 0.2) is 66.7 Å². The summed E-state index contributed by atoms with van der Waals surface area (Å²) in [7, 11) is 1.63. The molecule has 34 heavy (non-hydrogen) atoms. The predicted octanol–water partition coefficient (Wildman–Crippen LogP) is 5.61. The molecular weight excluding hydrogens is 424 g/mol. The van der Waals surface area contributed by atoms with E-state index in [2.05, 4.69) is 53.8 Å². The first kappa shape index (κ1) is 22.0. The number of amides is 1. The van der Waals surface area contributed by atoms with Crippen molar-refractivity contribution in [3.05, 3.63) is 83.7 Å². The van der Waals surface area contributed by atoms with Crippen molar-refractivity contribution in [3.63, 3.8) is 0 Å². The van der Waals surface area contributed by atoms with E-state index < -0.39 is 0 Å². The molecule has 4 aromatic rings. The zero-order valence-electron chi connectivity index (χ0n) is 20.1. The van der Waals surface area contributed by atoms with Gasteiger partial charge in [0.05, 0.1) is 30.4 Å². The Morgan fingerprint density at radius 3 is 2.50 bits per heavy atom. The van der Waals surface area contributed by atoms with Crippen molar-refractivity contribution < 1.29 is 9.53 Å². The molecule has 0 atom stereocenters. The van der Waals surface area contributed by atoms with Gasteiger partial charge < -0.3 is 19.5 Å². The van der Waals surface area contributed by atoms with Crippen LogP contribution in [0.3, 0.4) is 0 Å². The number of carbonyl (C=O) groups is 1. The minimum absolute atomic E-state index is 0.0480. The third kappa shape index (κ3) is 4.12. The number of aromatic nitrogens is 2. The summed E-state index contributed by atoms with van der Waals surface area (Å²) < 4.78 is 7.93. The lowest BCUT2D eigenvalue weighted by Crippen LogP contribution is -2.33. The van der Waals surface area contributed by atoms with Crippen molar-refractivity contribution in [2.45, 2.75) is 39.3 Å². The first-order valence-corrected chi connectivity index (χ1v) is 11.6. The molecule has 0 fully saturated rings. The highest BCUT2D eigenvalue weighted by Crippen LogP contribution is 2.32. The van der Waals surface area contributed by atoms with Gasteiger partial charge in [-0.3, -0.25) is 4.79 Å². The van der Waals surface area contributed by atoms with Gasteiger partial charge in [-0.25, -0.2) is 4.98 Å². The largest absolute Gasteiger partial charge is 0.494 e. The summed E-state index contributed by atoms with van der Waals surface area (Å²) in [6.45, 7) is 8.96. The first-order chi connectivity index (χ1) is 16.3. The van der Waals surface area contributed by atoms with Crippen LogP contribution in [-0.2, 0) is 18.5 Å². The summed E-state index contributed by atoms with van der Waals surface area (Å²) in [5, 5.41) is 3.00. The molecule has 1 aliphatic heterocycles. The SMILES string of the molecule is COc1cc(N2CCn3c(nc4ccccc43)C2)ccc1NC(=O)c1ccc(C(C)(C)C)cc1. The highest BCUT2D eigenvalue weighted by Gasteiger charge is 2.21. The molecule has 0 spiro atoms. The van der Waals surface area contributed by atoms with Gasteiger partial charge in [0.25, 0.3) is 5.91 Å². The number of para-hydroxylation sites is 2. The Morgan fingerprint density at radius 1 is 1.00 bits per heavy atom. The molecule has 6 heteroatoms.